The van der Waals surface area contributed by atoms with Crippen LogP contribution in [0.5, 0.6) is 0 Å². The first kappa shape index (κ1) is 11.3. The number of hydrogen-bond acceptors (Lipinski definition) is 7. The first-order chi connectivity index (χ1) is 8.81. The smallest absolute Gasteiger partial charge is 0.216 e. The summed E-state index contributed by atoms with van der Waals surface area (Å²) in [6, 6.07) is 3.74. The Morgan fingerprint density at radius 2 is 2.39 bits per heavy atom. The fourth-order valence-corrected chi connectivity index (χ4v) is 2.94. The Morgan fingerprint density at radius 3 is 3.11 bits per heavy atom. The lowest BCUT2D eigenvalue weighted by atomic mass is 10.5. The third kappa shape index (κ3) is 2.39. The lowest BCUT2D eigenvalue weighted by Gasteiger charge is -1.91. The standard InChI is InChI=1S/C10H9N5OS2/c11-9-13-10(15-14-9)18-5-6-4-17-8(12-6)7-2-1-3-16-7/h1-4H,5H2,(H3,11,13,14,15). The number of furan rings is 1. The Hall–Kier alpha value is -1.80. The topological polar surface area (TPSA) is 93.6 Å². The first-order valence-electron chi connectivity index (χ1n) is 5.10. The number of anilines is 1. The fourth-order valence-electron chi connectivity index (χ4n) is 1.35. The molecule has 0 aliphatic carbocycles. The van der Waals surface area contributed by atoms with Gasteiger partial charge in [-0.1, -0.05) is 11.8 Å². The van der Waals surface area contributed by atoms with E-state index in [1.165, 1.54) is 11.8 Å². The summed E-state index contributed by atoms with van der Waals surface area (Å²) in [7, 11) is 0. The third-order valence-electron chi connectivity index (χ3n) is 2.12. The number of nitrogens with two attached hydrogens (primary N) is 1. The van der Waals surface area contributed by atoms with Crippen molar-refractivity contribution in [3.05, 3.63) is 29.5 Å². The van der Waals surface area contributed by atoms with Crippen LogP contribution in [0, 0.1) is 0 Å². The van der Waals surface area contributed by atoms with E-state index in [0.29, 0.717) is 16.9 Å². The van der Waals surface area contributed by atoms with E-state index in [-0.39, 0.29) is 0 Å². The number of nitrogens with zero attached hydrogens (tertiary/aromatic N) is 3. The maximum atomic E-state index is 5.45. The molecular formula is C10H9N5OS2. The second-order valence-electron chi connectivity index (χ2n) is 3.41. The van der Waals surface area contributed by atoms with E-state index >= 15 is 0 Å². The van der Waals surface area contributed by atoms with E-state index in [1.54, 1.807) is 17.6 Å². The van der Waals surface area contributed by atoms with Gasteiger partial charge >= 0.3 is 0 Å². The molecule has 3 heterocycles. The molecule has 0 amide bonds. The summed E-state index contributed by atoms with van der Waals surface area (Å²) >= 11 is 3.04. The van der Waals surface area contributed by atoms with E-state index in [4.69, 9.17) is 10.2 Å². The van der Waals surface area contributed by atoms with E-state index in [0.717, 1.165) is 16.5 Å². The third-order valence-corrected chi connectivity index (χ3v) is 3.90. The monoisotopic (exact) mass is 279 g/mol. The van der Waals surface area contributed by atoms with Crippen LogP contribution in [0.3, 0.4) is 0 Å². The average molecular weight is 279 g/mol. The maximum absolute atomic E-state index is 5.45. The van der Waals surface area contributed by atoms with Gasteiger partial charge in [-0.3, -0.25) is 0 Å². The zero-order valence-corrected chi connectivity index (χ0v) is 10.8. The van der Waals surface area contributed by atoms with Gasteiger partial charge in [0.2, 0.25) is 11.1 Å². The molecule has 0 aromatic carbocycles. The summed E-state index contributed by atoms with van der Waals surface area (Å²) in [5.41, 5.74) is 6.42. The van der Waals surface area contributed by atoms with Gasteiger partial charge in [0.1, 0.15) is 0 Å². The van der Waals surface area contributed by atoms with Crippen molar-refractivity contribution in [2.45, 2.75) is 10.9 Å². The summed E-state index contributed by atoms with van der Waals surface area (Å²) in [6.45, 7) is 0. The molecule has 3 aromatic rings. The number of hydrogen-bond donors (Lipinski definition) is 2. The molecule has 0 saturated heterocycles. The number of nitrogens with one attached hydrogen (secondary N) is 1. The van der Waals surface area contributed by atoms with Crippen LogP contribution in [-0.4, -0.2) is 20.2 Å². The zero-order valence-electron chi connectivity index (χ0n) is 9.16. The van der Waals surface area contributed by atoms with E-state index in [2.05, 4.69) is 20.2 Å². The molecule has 8 heteroatoms. The predicted octanol–water partition coefficient (Wildman–Crippen LogP) is 2.40. The highest BCUT2D eigenvalue weighted by atomic mass is 32.2. The molecule has 3 N–H and O–H groups in total. The first-order valence-corrected chi connectivity index (χ1v) is 6.97. The van der Waals surface area contributed by atoms with Crippen molar-refractivity contribution in [2.75, 3.05) is 5.73 Å². The quantitative estimate of drug-likeness (QED) is 0.712. The van der Waals surface area contributed by atoms with Crippen molar-refractivity contribution in [1.82, 2.24) is 20.2 Å². The lowest BCUT2D eigenvalue weighted by molar-refractivity contribution is 0.581. The fraction of sp³-hybridized carbons (Fsp3) is 0.100. The molecule has 0 atom stereocenters. The van der Waals surface area contributed by atoms with Gasteiger partial charge in [0.15, 0.2) is 10.8 Å². The number of rotatable bonds is 4. The van der Waals surface area contributed by atoms with Gasteiger partial charge in [-0.2, -0.15) is 4.98 Å². The van der Waals surface area contributed by atoms with Crippen molar-refractivity contribution in [3.8, 4) is 10.8 Å². The number of thiazole rings is 1. The molecule has 92 valence electrons. The van der Waals surface area contributed by atoms with Crippen LogP contribution in [-0.2, 0) is 5.75 Å². The van der Waals surface area contributed by atoms with Gasteiger partial charge < -0.3 is 10.2 Å². The van der Waals surface area contributed by atoms with Crippen LogP contribution in [0.25, 0.3) is 10.8 Å². The van der Waals surface area contributed by atoms with Crippen molar-refractivity contribution < 1.29 is 4.42 Å². The molecule has 6 nitrogen and oxygen atoms in total. The van der Waals surface area contributed by atoms with Crippen LogP contribution in [0.4, 0.5) is 5.95 Å². The van der Waals surface area contributed by atoms with Crippen LogP contribution >= 0.6 is 23.1 Å². The second-order valence-corrected chi connectivity index (χ2v) is 5.21. The van der Waals surface area contributed by atoms with Gasteiger partial charge in [0.25, 0.3) is 0 Å². The molecule has 0 spiro atoms. The molecule has 0 aliphatic rings. The highest BCUT2D eigenvalue weighted by Crippen LogP contribution is 2.27. The lowest BCUT2D eigenvalue weighted by Crippen LogP contribution is -1.85. The van der Waals surface area contributed by atoms with Crippen LogP contribution in [0.2, 0.25) is 0 Å². The minimum absolute atomic E-state index is 0.326. The molecule has 0 fully saturated rings. The molecule has 0 aliphatic heterocycles. The van der Waals surface area contributed by atoms with E-state index in [1.807, 2.05) is 17.5 Å². The summed E-state index contributed by atoms with van der Waals surface area (Å²) in [5.74, 6) is 1.82. The minimum Gasteiger partial charge on any atom is -0.462 e. The van der Waals surface area contributed by atoms with E-state index < -0.39 is 0 Å². The van der Waals surface area contributed by atoms with Gasteiger partial charge in [0.05, 0.1) is 12.0 Å². The maximum Gasteiger partial charge on any atom is 0.216 e. The zero-order chi connectivity index (χ0) is 12.4. The minimum atomic E-state index is 0.326. The number of thioether (sulfide) groups is 1. The number of nitrogen functional groups attached to an aromatic ring is 1. The molecular weight excluding hydrogens is 270 g/mol. The highest BCUT2D eigenvalue weighted by molar-refractivity contribution is 7.98. The Labute approximate surface area is 111 Å². The molecule has 0 unspecified atom stereocenters. The Balaban J connectivity index is 1.67. The molecule has 0 radical (unpaired) electrons. The Morgan fingerprint density at radius 1 is 1.44 bits per heavy atom. The average Bonchev–Trinajstić information content (AvgIpc) is 3.07. The summed E-state index contributed by atoms with van der Waals surface area (Å²) in [5, 5.41) is 10.0. The molecule has 3 rings (SSSR count). The van der Waals surface area contributed by atoms with Gasteiger partial charge in [-0.25, -0.2) is 10.1 Å². The Kier molecular flexibility index (Phi) is 3.03. The van der Waals surface area contributed by atoms with Crippen molar-refractivity contribution >= 4 is 29.0 Å². The van der Waals surface area contributed by atoms with Gasteiger partial charge in [0, 0.05) is 11.1 Å². The van der Waals surface area contributed by atoms with Crippen LogP contribution in [0.1, 0.15) is 5.69 Å². The van der Waals surface area contributed by atoms with Crippen molar-refractivity contribution in [1.29, 1.82) is 0 Å². The van der Waals surface area contributed by atoms with Gasteiger partial charge in [-0.05, 0) is 12.1 Å². The van der Waals surface area contributed by atoms with Crippen molar-refractivity contribution in [2.24, 2.45) is 0 Å². The Bertz CT molecular complexity index is 630. The predicted molar refractivity (Wildman–Crippen MR) is 70.2 cm³/mol. The second kappa shape index (κ2) is 4.83. The molecule has 0 saturated carbocycles. The van der Waals surface area contributed by atoms with Gasteiger partial charge in [-0.15, -0.1) is 16.4 Å². The van der Waals surface area contributed by atoms with Crippen LogP contribution < -0.4 is 5.73 Å². The van der Waals surface area contributed by atoms with E-state index in [9.17, 15) is 0 Å². The number of aromatic nitrogens is 4. The summed E-state index contributed by atoms with van der Waals surface area (Å²) in [4.78, 5) is 8.50. The van der Waals surface area contributed by atoms with Crippen LogP contribution in [0.15, 0.2) is 33.3 Å². The normalized spacial score (nSPS) is 10.9. The molecule has 3 aromatic heterocycles. The largest absolute Gasteiger partial charge is 0.462 e. The summed E-state index contributed by atoms with van der Waals surface area (Å²) in [6.07, 6.45) is 1.64. The molecule has 18 heavy (non-hydrogen) atoms. The highest BCUT2D eigenvalue weighted by Gasteiger charge is 2.08. The van der Waals surface area contributed by atoms with Crippen molar-refractivity contribution in [3.63, 3.8) is 0 Å². The molecule has 0 bridgehead atoms. The number of aromatic amines is 1. The number of H-pyrrole nitrogens is 1. The summed E-state index contributed by atoms with van der Waals surface area (Å²) < 4.78 is 5.29. The SMILES string of the molecule is Nc1nc(SCc2csc(-c3ccco3)n2)n[nH]1.